The number of Topliss-reactive ketones (excluding diaryl/α,β-unsaturated/α-hetero) is 1. The normalized spacial score (nSPS) is 14.3. The molecule has 0 radical (unpaired) electrons. The minimum absolute atomic E-state index is 0.0340. The second-order valence-electron chi connectivity index (χ2n) is 10.6. The molecule has 4 heterocycles. The maximum absolute atomic E-state index is 13.1. The van der Waals surface area contributed by atoms with Crippen molar-refractivity contribution in [1.82, 2.24) is 29.9 Å². The quantitative estimate of drug-likeness (QED) is 0.337. The summed E-state index contributed by atoms with van der Waals surface area (Å²) in [6.45, 7) is 9.57. The number of hydrogen-bond donors (Lipinski definition) is 0. The van der Waals surface area contributed by atoms with Crippen LogP contribution in [0.1, 0.15) is 41.0 Å². The Balaban J connectivity index is 1.36. The van der Waals surface area contributed by atoms with Crippen LogP contribution in [-0.2, 0) is 11.8 Å². The van der Waals surface area contributed by atoms with E-state index in [4.69, 9.17) is 0 Å². The monoisotopic (exact) mass is 520 g/mol. The SMILES string of the molecule is Cc1ncc(CC(=O)c2cccc(C(C)(C)C#N)c2)cc1-n1cc(-c2cncc(N3CCN(C)CC3)c2)nn1. The minimum Gasteiger partial charge on any atom is -0.368 e. The standard InChI is InChI=1S/C30H32N8O/c1-21-28(12-22(16-33-21)13-29(39)23-6-5-7-25(14-23)30(2,3)20-31)38-19-27(34-35-38)24-15-26(18-32-17-24)37-10-8-36(4)9-11-37/h5-7,12,14-19H,8-11,13H2,1-4H3. The lowest BCUT2D eigenvalue weighted by Gasteiger charge is -2.33. The number of nitrogens with zero attached hydrogens (tertiary/aromatic N) is 8. The number of likely N-dealkylation sites (N-methyl/N-ethyl adjacent to an activating group) is 1. The summed E-state index contributed by atoms with van der Waals surface area (Å²) in [6.07, 6.45) is 7.48. The van der Waals surface area contributed by atoms with E-state index in [0.29, 0.717) is 5.56 Å². The average molecular weight is 521 g/mol. The maximum atomic E-state index is 13.1. The third-order valence-corrected chi connectivity index (χ3v) is 7.30. The molecular formula is C30H32N8O. The van der Waals surface area contributed by atoms with Crippen LogP contribution in [0.2, 0.25) is 0 Å². The van der Waals surface area contributed by atoms with E-state index in [1.54, 1.807) is 23.1 Å². The first kappa shape index (κ1) is 26.2. The molecule has 1 saturated heterocycles. The highest BCUT2D eigenvalue weighted by Gasteiger charge is 2.21. The Hall–Kier alpha value is -4.42. The molecule has 4 aromatic rings. The fraction of sp³-hybridized carbons (Fsp3) is 0.333. The molecule has 5 rings (SSSR count). The van der Waals surface area contributed by atoms with Gasteiger partial charge >= 0.3 is 0 Å². The molecule has 9 nitrogen and oxygen atoms in total. The second kappa shape index (κ2) is 10.8. The van der Waals surface area contributed by atoms with Gasteiger partial charge in [0, 0.05) is 56.1 Å². The number of aryl methyl sites for hydroxylation is 1. The Morgan fingerprint density at radius 3 is 2.64 bits per heavy atom. The topological polar surface area (TPSA) is 104 Å². The predicted molar refractivity (Wildman–Crippen MR) is 150 cm³/mol. The molecule has 3 aromatic heterocycles. The number of ketones is 1. The van der Waals surface area contributed by atoms with Crippen LogP contribution in [-0.4, -0.2) is 68.9 Å². The number of rotatable bonds is 7. The summed E-state index contributed by atoms with van der Waals surface area (Å²) in [5.41, 5.74) is 5.75. The van der Waals surface area contributed by atoms with Gasteiger partial charge in [0.2, 0.25) is 0 Å². The van der Waals surface area contributed by atoms with E-state index in [9.17, 15) is 10.1 Å². The van der Waals surface area contributed by atoms with E-state index < -0.39 is 5.41 Å². The van der Waals surface area contributed by atoms with Crippen molar-refractivity contribution < 1.29 is 4.79 Å². The van der Waals surface area contributed by atoms with Crippen molar-refractivity contribution in [2.75, 3.05) is 38.1 Å². The first-order valence-electron chi connectivity index (χ1n) is 13.1. The summed E-state index contributed by atoms with van der Waals surface area (Å²) in [7, 11) is 2.14. The zero-order valence-electron chi connectivity index (χ0n) is 22.8. The molecule has 1 aromatic carbocycles. The van der Waals surface area contributed by atoms with Gasteiger partial charge in [-0.15, -0.1) is 5.10 Å². The first-order chi connectivity index (χ1) is 18.7. The zero-order valence-corrected chi connectivity index (χ0v) is 22.8. The summed E-state index contributed by atoms with van der Waals surface area (Å²) in [5, 5.41) is 18.2. The number of aromatic nitrogens is 5. The van der Waals surface area contributed by atoms with Gasteiger partial charge in [0.1, 0.15) is 5.69 Å². The van der Waals surface area contributed by atoms with Crippen LogP contribution in [0.4, 0.5) is 5.69 Å². The molecule has 0 N–H and O–H groups in total. The Morgan fingerprint density at radius 1 is 1.08 bits per heavy atom. The highest BCUT2D eigenvalue weighted by atomic mass is 16.1. The van der Waals surface area contributed by atoms with Crippen molar-refractivity contribution in [2.45, 2.75) is 32.6 Å². The minimum atomic E-state index is -0.667. The third kappa shape index (κ3) is 5.71. The fourth-order valence-electron chi connectivity index (χ4n) is 4.64. The first-order valence-corrected chi connectivity index (χ1v) is 13.1. The molecule has 0 amide bonds. The van der Waals surface area contributed by atoms with Crippen LogP contribution >= 0.6 is 0 Å². The smallest absolute Gasteiger partial charge is 0.167 e. The summed E-state index contributed by atoms with van der Waals surface area (Å²) < 4.78 is 1.70. The molecule has 1 aliphatic heterocycles. The molecule has 0 aliphatic carbocycles. The Kier molecular flexibility index (Phi) is 7.22. The number of carbonyl (C=O) groups excluding carboxylic acids is 1. The van der Waals surface area contributed by atoms with Crippen molar-refractivity contribution in [3.05, 3.63) is 83.6 Å². The van der Waals surface area contributed by atoms with Gasteiger partial charge < -0.3 is 9.80 Å². The Morgan fingerprint density at radius 2 is 1.87 bits per heavy atom. The van der Waals surface area contributed by atoms with Gasteiger partial charge in [-0.3, -0.25) is 14.8 Å². The van der Waals surface area contributed by atoms with Crippen molar-refractivity contribution in [3.8, 4) is 23.0 Å². The van der Waals surface area contributed by atoms with Gasteiger partial charge in [0.15, 0.2) is 5.78 Å². The molecule has 1 fully saturated rings. The molecule has 9 heteroatoms. The zero-order chi connectivity index (χ0) is 27.6. The number of pyridine rings is 2. The number of nitriles is 1. The van der Waals surface area contributed by atoms with Gasteiger partial charge in [0.25, 0.3) is 0 Å². The fourth-order valence-corrected chi connectivity index (χ4v) is 4.64. The van der Waals surface area contributed by atoms with Crippen LogP contribution < -0.4 is 4.90 Å². The Bertz CT molecular complexity index is 1540. The predicted octanol–water partition coefficient (Wildman–Crippen LogP) is 4.01. The van der Waals surface area contributed by atoms with Crippen molar-refractivity contribution in [3.63, 3.8) is 0 Å². The molecule has 0 bridgehead atoms. The summed E-state index contributed by atoms with van der Waals surface area (Å²) in [4.78, 5) is 26.8. The van der Waals surface area contributed by atoms with Gasteiger partial charge in [-0.2, -0.15) is 5.26 Å². The van der Waals surface area contributed by atoms with Crippen molar-refractivity contribution in [2.24, 2.45) is 0 Å². The van der Waals surface area contributed by atoms with E-state index in [0.717, 1.165) is 65.6 Å². The summed E-state index contributed by atoms with van der Waals surface area (Å²) >= 11 is 0. The molecule has 198 valence electrons. The van der Waals surface area contributed by atoms with Gasteiger partial charge in [0.05, 0.1) is 40.9 Å². The lowest BCUT2D eigenvalue weighted by molar-refractivity contribution is 0.0992. The van der Waals surface area contributed by atoms with E-state index >= 15 is 0 Å². The van der Waals surface area contributed by atoms with Gasteiger partial charge in [-0.1, -0.05) is 23.4 Å². The summed E-state index contributed by atoms with van der Waals surface area (Å²) in [5.74, 6) is -0.0340. The molecule has 0 atom stereocenters. The third-order valence-electron chi connectivity index (χ3n) is 7.30. The molecular weight excluding hydrogens is 488 g/mol. The van der Waals surface area contributed by atoms with E-state index in [1.807, 2.05) is 57.4 Å². The number of carbonyl (C=O) groups is 1. The number of piperazine rings is 1. The molecule has 39 heavy (non-hydrogen) atoms. The Labute approximate surface area is 228 Å². The second-order valence-corrected chi connectivity index (χ2v) is 10.6. The van der Waals surface area contributed by atoms with Crippen LogP contribution in [0.3, 0.4) is 0 Å². The average Bonchev–Trinajstić information content (AvgIpc) is 3.45. The highest BCUT2D eigenvalue weighted by molar-refractivity contribution is 5.97. The highest BCUT2D eigenvalue weighted by Crippen LogP contribution is 2.25. The van der Waals surface area contributed by atoms with Crippen molar-refractivity contribution >= 4 is 11.5 Å². The van der Waals surface area contributed by atoms with E-state index in [-0.39, 0.29) is 12.2 Å². The van der Waals surface area contributed by atoms with Gasteiger partial charge in [-0.25, -0.2) is 4.68 Å². The summed E-state index contributed by atoms with van der Waals surface area (Å²) in [6, 6.07) is 13.6. The van der Waals surface area contributed by atoms with E-state index in [1.165, 1.54) is 0 Å². The maximum Gasteiger partial charge on any atom is 0.167 e. The molecule has 1 aliphatic rings. The molecule has 0 unspecified atom stereocenters. The number of hydrogen-bond acceptors (Lipinski definition) is 8. The largest absolute Gasteiger partial charge is 0.368 e. The number of anilines is 1. The van der Waals surface area contributed by atoms with Gasteiger partial charge in [-0.05, 0) is 57.1 Å². The van der Waals surface area contributed by atoms with Crippen LogP contribution in [0, 0.1) is 18.3 Å². The lowest BCUT2D eigenvalue weighted by atomic mass is 9.85. The molecule has 0 saturated carbocycles. The number of benzene rings is 1. The molecule has 0 spiro atoms. The van der Waals surface area contributed by atoms with Crippen molar-refractivity contribution in [1.29, 1.82) is 5.26 Å². The van der Waals surface area contributed by atoms with Crippen LogP contribution in [0.15, 0.2) is 61.2 Å². The van der Waals surface area contributed by atoms with E-state index in [2.05, 4.69) is 49.3 Å². The van der Waals surface area contributed by atoms with Crippen LogP contribution in [0.25, 0.3) is 16.9 Å². The lowest BCUT2D eigenvalue weighted by Crippen LogP contribution is -2.44. The van der Waals surface area contributed by atoms with Crippen LogP contribution in [0.5, 0.6) is 0 Å².